The second-order valence-electron chi connectivity index (χ2n) is 10.5. The summed E-state index contributed by atoms with van der Waals surface area (Å²) in [6.07, 6.45) is 10.7. The highest BCUT2D eigenvalue weighted by Gasteiger charge is 2.45. The third kappa shape index (κ3) is 8.79. The molecule has 2 heterocycles. The molecule has 0 saturated carbocycles. The minimum Gasteiger partial charge on any atom is -0.501 e. The molecule has 1 amide bonds. The van der Waals surface area contributed by atoms with Crippen LogP contribution in [0.5, 0.6) is 0 Å². The number of amides is 1. The molecule has 0 aliphatic carbocycles. The van der Waals surface area contributed by atoms with Gasteiger partial charge in [0.1, 0.15) is 11.6 Å². The fraction of sp³-hybridized carbons (Fsp3) is 0.394. The van der Waals surface area contributed by atoms with Crippen LogP contribution in [0.1, 0.15) is 45.6 Å². The number of hydrogen-bond acceptors (Lipinski definition) is 5. The van der Waals surface area contributed by atoms with Gasteiger partial charge in [-0.15, -0.1) is 0 Å². The fourth-order valence-corrected chi connectivity index (χ4v) is 5.08. The van der Waals surface area contributed by atoms with E-state index in [4.69, 9.17) is 14.6 Å². The normalized spacial score (nSPS) is 18.3. The number of carbonyl (C=O) groups excluding carboxylic acids is 1. The van der Waals surface area contributed by atoms with Crippen molar-refractivity contribution in [2.75, 3.05) is 39.4 Å². The van der Waals surface area contributed by atoms with Gasteiger partial charge in [-0.3, -0.25) is 9.69 Å². The first-order valence-corrected chi connectivity index (χ1v) is 14.0. The Bertz CT molecular complexity index is 1250. The average Bonchev–Trinajstić information content (AvgIpc) is 3.28. The van der Waals surface area contributed by atoms with Crippen molar-refractivity contribution in [3.63, 3.8) is 0 Å². The third-order valence-electron chi connectivity index (χ3n) is 7.58. The van der Waals surface area contributed by atoms with E-state index in [0.717, 1.165) is 48.4 Å². The topological polar surface area (TPSA) is 79.3 Å². The Kier molecular flexibility index (Phi) is 11.3. The lowest BCUT2D eigenvalue weighted by atomic mass is 9.77. The van der Waals surface area contributed by atoms with Crippen molar-refractivity contribution >= 4 is 18.0 Å². The van der Waals surface area contributed by atoms with E-state index in [1.807, 2.05) is 32.9 Å². The molecule has 0 unspecified atom stereocenters. The van der Waals surface area contributed by atoms with E-state index in [0.29, 0.717) is 38.4 Å². The van der Waals surface area contributed by atoms with Crippen LogP contribution in [0.15, 0.2) is 90.1 Å². The minimum absolute atomic E-state index is 0.0115. The monoisotopic (exact) mass is 564 g/mol. The van der Waals surface area contributed by atoms with Crippen LogP contribution in [0.25, 0.3) is 6.08 Å². The molecule has 7 nitrogen and oxygen atoms in total. The Morgan fingerprint density at radius 1 is 1.10 bits per heavy atom. The lowest BCUT2D eigenvalue weighted by Gasteiger charge is -2.39. The van der Waals surface area contributed by atoms with Crippen LogP contribution in [0.4, 0.5) is 4.39 Å². The zero-order chi connectivity index (χ0) is 30.0. The summed E-state index contributed by atoms with van der Waals surface area (Å²) in [5, 5.41) is 9.02. The van der Waals surface area contributed by atoms with Crippen molar-refractivity contribution in [1.82, 2.24) is 9.80 Å². The second-order valence-corrected chi connectivity index (χ2v) is 10.5. The molecular weight excluding hydrogens is 523 g/mol. The Hall–Kier alpha value is -3.91. The van der Waals surface area contributed by atoms with Crippen LogP contribution < -0.4 is 0 Å². The highest BCUT2D eigenvalue weighted by atomic mass is 19.1. The Morgan fingerprint density at radius 3 is 2.39 bits per heavy atom. The smallest absolute Gasteiger partial charge is 0.335 e. The van der Waals surface area contributed by atoms with Gasteiger partial charge in [-0.25, -0.2) is 9.18 Å². The van der Waals surface area contributed by atoms with Crippen molar-refractivity contribution in [2.24, 2.45) is 5.41 Å². The quantitative estimate of drug-likeness (QED) is 0.177. The molecule has 2 saturated heterocycles. The molecule has 2 fully saturated rings. The molecule has 1 aromatic carbocycles. The van der Waals surface area contributed by atoms with E-state index in [-0.39, 0.29) is 22.7 Å². The maximum atomic E-state index is 13.4. The van der Waals surface area contributed by atoms with Crippen LogP contribution in [0.3, 0.4) is 0 Å². The summed E-state index contributed by atoms with van der Waals surface area (Å²) in [5.41, 5.74) is 3.17. The van der Waals surface area contributed by atoms with Gasteiger partial charge >= 0.3 is 5.97 Å². The van der Waals surface area contributed by atoms with Gasteiger partial charge in [-0.05, 0) is 105 Å². The van der Waals surface area contributed by atoms with Gasteiger partial charge in [0.05, 0.1) is 25.0 Å². The number of carbonyl (C=O) groups is 2. The number of piperidine rings is 1. The van der Waals surface area contributed by atoms with Crippen molar-refractivity contribution in [1.29, 1.82) is 0 Å². The Balaban J connectivity index is 1.73. The van der Waals surface area contributed by atoms with Crippen LogP contribution in [-0.4, -0.2) is 66.2 Å². The molecule has 0 radical (unpaired) electrons. The van der Waals surface area contributed by atoms with E-state index in [1.54, 1.807) is 29.4 Å². The number of benzene rings is 1. The summed E-state index contributed by atoms with van der Waals surface area (Å²) in [5.74, 6) is -0.660. The summed E-state index contributed by atoms with van der Waals surface area (Å²) in [6, 6.07) is 6.31. The van der Waals surface area contributed by atoms with E-state index in [9.17, 15) is 14.0 Å². The molecular formula is C33H41FN2O5. The fourth-order valence-electron chi connectivity index (χ4n) is 5.08. The molecule has 1 N–H and O–H groups in total. The summed E-state index contributed by atoms with van der Waals surface area (Å²) < 4.78 is 25.0. The number of ether oxygens (including phenoxy) is 2. The van der Waals surface area contributed by atoms with Gasteiger partial charge in [0.2, 0.25) is 5.91 Å². The number of nitrogens with zero attached hydrogens (tertiary/aromatic N) is 2. The summed E-state index contributed by atoms with van der Waals surface area (Å²) in [6.45, 7) is 17.3. The van der Waals surface area contributed by atoms with Gasteiger partial charge in [0.25, 0.3) is 0 Å². The largest absolute Gasteiger partial charge is 0.501 e. The van der Waals surface area contributed by atoms with E-state index in [1.165, 1.54) is 18.2 Å². The number of allylic oxidation sites excluding steroid dienone is 2. The van der Waals surface area contributed by atoms with Gasteiger partial charge in [-0.2, -0.15) is 0 Å². The number of likely N-dealkylation sites (tertiary alicyclic amines) is 2. The third-order valence-corrected chi connectivity index (χ3v) is 7.58. The summed E-state index contributed by atoms with van der Waals surface area (Å²) in [4.78, 5) is 27.9. The van der Waals surface area contributed by atoms with E-state index < -0.39 is 5.97 Å². The predicted octanol–water partition coefficient (Wildman–Crippen LogP) is 6.10. The first-order chi connectivity index (χ1) is 19.6. The maximum Gasteiger partial charge on any atom is 0.335 e. The van der Waals surface area contributed by atoms with Crippen LogP contribution in [0.2, 0.25) is 0 Å². The zero-order valence-corrected chi connectivity index (χ0v) is 24.3. The molecule has 220 valence electrons. The first kappa shape index (κ1) is 31.6. The Morgan fingerprint density at radius 2 is 1.78 bits per heavy atom. The first-order valence-electron chi connectivity index (χ1n) is 14.0. The molecule has 0 atom stereocenters. The van der Waals surface area contributed by atoms with E-state index >= 15 is 0 Å². The lowest BCUT2D eigenvalue weighted by molar-refractivity contribution is -0.132. The van der Waals surface area contributed by atoms with Crippen molar-refractivity contribution < 1.29 is 28.6 Å². The van der Waals surface area contributed by atoms with Crippen molar-refractivity contribution in [3.8, 4) is 0 Å². The van der Waals surface area contributed by atoms with Crippen LogP contribution in [-0.2, 0) is 19.1 Å². The van der Waals surface area contributed by atoms with Gasteiger partial charge < -0.3 is 19.5 Å². The number of halogens is 1. The maximum absolute atomic E-state index is 13.4. The van der Waals surface area contributed by atoms with Crippen LogP contribution in [0, 0.1) is 11.2 Å². The highest BCUT2D eigenvalue weighted by Crippen LogP contribution is 2.42. The van der Waals surface area contributed by atoms with Gasteiger partial charge in [0.15, 0.2) is 0 Å². The van der Waals surface area contributed by atoms with Crippen molar-refractivity contribution in [2.45, 2.75) is 40.0 Å². The highest BCUT2D eigenvalue weighted by molar-refractivity contribution is 5.89. The number of hydrogen-bond donors (Lipinski definition) is 1. The lowest BCUT2D eigenvalue weighted by Crippen LogP contribution is -2.42. The summed E-state index contributed by atoms with van der Waals surface area (Å²) >= 11 is 0. The molecule has 1 spiro atoms. The molecule has 2 aliphatic heterocycles. The zero-order valence-electron chi connectivity index (χ0n) is 24.3. The van der Waals surface area contributed by atoms with Gasteiger partial charge in [-0.1, -0.05) is 25.3 Å². The molecule has 0 bridgehead atoms. The number of aliphatic carboxylic acids is 1. The van der Waals surface area contributed by atoms with E-state index in [2.05, 4.69) is 18.1 Å². The minimum atomic E-state index is -1.11. The van der Waals surface area contributed by atoms with Crippen LogP contribution >= 0.6 is 0 Å². The molecule has 41 heavy (non-hydrogen) atoms. The molecule has 2 aliphatic rings. The standard InChI is InChI=1S/C33H41FN2O5/c1-6-40-19-14-28(26(5)30(41-7-2)20-27-10-12-29(34)13-11-27)22-35-17-15-33(16-18-35)21-31(37)36(23-33)25(4)9-8-24(3)32(38)39/h8-14,19-20H,3-4,6-7,15-18,21-23H2,1-2,5H3,(H,38,39)/b9-8-,19-14+,28-26+,30-20-. The molecule has 8 heteroatoms. The number of carboxylic acid groups (broad SMARTS) is 1. The number of rotatable bonds is 13. The average molecular weight is 565 g/mol. The summed E-state index contributed by atoms with van der Waals surface area (Å²) in [7, 11) is 0. The number of carboxylic acids is 1. The van der Waals surface area contributed by atoms with Crippen molar-refractivity contribution in [3.05, 3.63) is 101 Å². The molecule has 3 rings (SSSR count). The van der Waals surface area contributed by atoms with Gasteiger partial charge in [0, 0.05) is 25.2 Å². The SMILES string of the molecule is C=C(/C=C\C(=C)N1CC2(CCN(CC(/C=C/OCC)=C(C)/C(=C/c3ccc(F)cc3)OCC)CC2)CC1=O)C(=O)O. The second kappa shape index (κ2) is 14.6. The Labute approximate surface area is 242 Å². The predicted molar refractivity (Wildman–Crippen MR) is 159 cm³/mol. The molecule has 1 aromatic rings. The molecule has 0 aromatic heterocycles.